The van der Waals surface area contributed by atoms with Crippen molar-refractivity contribution in [1.29, 1.82) is 0 Å². The van der Waals surface area contributed by atoms with Crippen molar-refractivity contribution in [3.05, 3.63) is 34.9 Å². The molecule has 1 heterocycles. The number of esters is 1. The second-order valence-corrected chi connectivity index (χ2v) is 5.38. The van der Waals surface area contributed by atoms with E-state index in [1.54, 1.807) is 11.8 Å². The lowest BCUT2D eigenvalue weighted by molar-refractivity contribution is -0.137. The van der Waals surface area contributed by atoms with Gasteiger partial charge in [0.25, 0.3) is 0 Å². The first-order valence-electron chi connectivity index (χ1n) is 5.51. The molecular formula is C13H16O2S. The van der Waals surface area contributed by atoms with Crippen LogP contribution in [0.4, 0.5) is 0 Å². The molecule has 1 aliphatic heterocycles. The molecule has 0 amide bonds. The van der Waals surface area contributed by atoms with Crippen molar-refractivity contribution >= 4 is 17.7 Å². The van der Waals surface area contributed by atoms with Crippen molar-refractivity contribution in [1.82, 2.24) is 0 Å². The first kappa shape index (κ1) is 11.5. The average molecular weight is 236 g/mol. The summed E-state index contributed by atoms with van der Waals surface area (Å²) in [5.74, 6) is 0.850. The van der Waals surface area contributed by atoms with Crippen molar-refractivity contribution in [3.63, 3.8) is 0 Å². The molecule has 1 atom stereocenters. The van der Waals surface area contributed by atoms with Crippen LogP contribution in [0.15, 0.2) is 18.2 Å². The largest absolute Gasteiger partial charge is 0.465 e. The summed E-state index contributed by atoms with van der Waals surface area (Å²) in [5.41, 5.74) is 3.89. The zero-order chi connectivity index (χ0) is 11.5. The van der Waals surface area contributed by atoms with Gasteiger partial charge in [-0.25, -0.2) is 0 Å². The Labute approximate surface area is 100 Å². The maximum atomic E-state index is 11.3. The van der Waals surface area contributed by atoms with E-state index < -0.39 is 0 Å². The molecule has 1 aliphatic rings. The SMILES string of the molecule is Cc1ccc(C)c(CSC2CCOC2=O)c1. The molecule has 0 aliphatic carbocycles. The van der Waals surface area contributed by atoms with E-state index in [4.69, 9.17) is 4.74 Å². The number of cyclic esters (lactones) is 1. The second-order valence-electron chi connectivity index (χ2n) is 4.19. The number of rotatable bonds is 3. The Kier molecular flexibility index (Phi) is 3.54. The fourth-order valence-electron chi connectivity index (χ4n) is 1.77. The third-order valence-corrected chi connectivity index (χ3v) is 4.14. The molecular weight excluding hydrogens is 220 g/mol. The van der Waals surface area contributed by atoms with Gasteiger partial charge in [0.15, 0.2) is 0 Å². The number of benzene rings is 1. The Balaban J connectivity index is 1.98. The molecule has 2 nitrogen and oxygen atoms in total. The summed E-state index contributed by atoms with van der Waals surface area (Å²) in [6.07, 6.45) is 0.856. The average Bonchev–Trinajstić information content (AvgIpc) is 2.66. The fraction of sp³-hybridized carbons (Fsp3) is 0.462. The predicted molar refractivity (Wildman–Crippen MR) is 66.6 cm³/mol. The second kappa shape index (κ2) is 4.91. The molecule has 0 N–H and O–H groups in total. The molecule has 1 saturated heterocycles. The van der Waals surface area contributed by atoms with Gasteiger partial charge in [-0.2, -0.15) is 0 Å². The lowest BCUT2D eigenvalue weighted by Gasteiger charge is -2.09. The van der Waals surface area contributed by atoms with Crippen molar-refractivity contribution in [2.75, 3.05) is 6.61 Å². The number of thioether (sulfide) groups is 1. The van der Waals surface area contributed by atoms with Gasteiger partial charge in [-0.15, -0.1) is 11.8 Å². The van der Waals surface area contributed by atoms with Gasteiger partial charge in [-0.05, 0) is 25.0 Å². The molecule has 0 saturated carbocycles. The molecule has 0 radical (unpaired) electrons. The highest BCUT2D eigenvalue weighted by Crippen LogP contribution is 2.26. The van der Waals surface area contributed by atoms with Crippen LogP contribution in [0.1, 0.15) is 23.1 Å². The van der Waals surface area contributed by atoms with Gasteiger partial charge in [0.05, 0.1) is 6.61 Å². The fourth-order valence-corrected chi connectivity index (χ4v) is 2.93. The number of ether oxygens (including phenoxy) is 1. The van der Waals surface area contributed by atoms with Gasteiger partial charge in [0, 0.05) is 12.2 Å². The van der Waals surface area contributed by atoms with Crippen LogP contribution in [0.2, 0.25) is 0 Å². The number of hydrogen-bond acceptors (Lipinski definition) is 3. The lowest BCUT2D eigenvalue weighted by Crippen LogP contribution is -2.09. The van der Waals surface area contributed by atoms with Crippen molar-refractivity contribution in [2.45, 2.75) is 31.3 Å². The van der Waals surface area contributed by atoms with Crippen molar-refractivity contribution in [3.8, 4) is 0 Å². The van der Waals surface area contributed by atoms with Crippen LogP contribution in [0.5, 0.6) is 0 Å². The number of carbonyl (C=O) groups is 1. The normalized spacial score (nSPS) is 19.9. The number of carbonyl (C=O) groups excluding carboxylic acids is 1. The van der Waals surface area contributed by atoms with Gasteiger partial charge in [-0.1, -0.05) is 23.8 Å². The van der Waals surface area contributed by atoms with E-state index in [0.29, 0.717) is 6.61 Å². The zero-order valence-electron chi connectivity index (χ0n) is 9.66. The number of aryl methyl sites for hydroxylation is 2. The lowest BCUT2D eigenvalue weighted by atomic mass is 10.1. The van der Waals surface area contributed by atoms with E-state index in [1.165, 1.54) is 16.7 Å². The number of hydrogen-bond donors (Lipinski definition) is 0. The molecule has 1 aromatic rings. The van der Waals surface area contributed by atoms with E-state index in [0.717, 1.165) is 12.2 Å². The summed E-state index contributed by atoms with van der Waals surface area (Å²) >= 11 is 1.69. The monoisotopic (exact) mass is 236 g/mol. The molecule has 0 aromatic heterocycles. The summed E-state index contributed by atoms with van der Waals surface area (Å²) in [5, 5.41) is 0.0416. The molecule has 3 heteroatoms. The first-order chi connectivity index (χ1) is 7.66. The Morgan fingerprint density at radius 3 is 2.94 bits per heavy atom. The summed E-state index contributed by atoms with van der Waals surface area (Å²) in [6, 6.07) is 6.45. The summed E-state index contributed by atoms with van der Waals surface area (Å²) in [4.78, 5) is 11.3. The van der Waals surface area contributed by atoms with Crippen LogP contribution < -0.4 is 0 Å². The van der Waals surface area contributed by atoms with E-state index in [2.05, 4.69) is 32.0 Å². The van der Waals surface area contributed by atoms with E-state index >= 15 is 0 Å². The summed E-state index contributed by atoms with van der Waals surface area (Å²) < 4.78 is 4.95. The quantitative estimate of drug-likeness (QED) is 0.755. The Bertz CT molecular complexity index is 401. The highest BCUT2D eigenvalue weighted by Gasteiger charge is 2.26. The van der Waals surface area contributed by atoms with Gasteiger partial charge in [0.2, 0.25) is 0 Å². The van der Waals surface area contributed by atoms with Crippen LogP contribution in [0.3, 0.4) is 0 Å². The Morgan fingerprint density at radius 1 is 1.44 bits per heavy atom. The third kappa shape index (κ3) is 2.59. The highest BCUT2D eigenvalue weighted by molar-refractivity contribution is 7.99. The van der Waals surface area contributed by atoms with Gasteiger partial charge in [-0.3, -0.25) is 4.79 Å². The van der Waals surface area contributed by atoms with Crippen LogP contribution in [0, 0.1) is 13.8 Å². The van der Waals surface area contributed by atoms with Crippen LogP contribution in [-0.2, 0) is 15.3 Å². The van der Waals surface area contributed by atoms with E-state index in [1.807, 2.05) is 0 Å². The standard InChI is InChI=1S/C13H16O2S/c1-9-3-4-10(2)11(7-9)8-16-12-5-6-15-13(12)14/h3-4,7,12H,5-6,8H2,1-2H3. The van der Waals surface area contributed by atoms with Crippen LogP contribution in [0.25, 0.3) is 0 Å². The maximum Gasteiger partial charge on any atom is 0.319 e. The van der Waals surface area contributed by atoms with E-state index in [-0.39, 0.29) is 11.2 Å². The van der Waals surface area contributed by atoms with Crippen LogP contribution in [-0.4, -0.2) is 17.8 Å². The molecule has 1 aromatic carbocycles. The predicted octanol–water partition coefficient (Wildman–Crippen LogP) is 2.85. The van der Waals surface area contributed by atoms with Gasteiger partial charge >= 0.3 is 5.97 Å². The Morgan fingerprint density at radius 2 is 2.25 bits per heavy atom. The zero-order valence-corrected chi connectivity index (χ0v) is 10.5. The summed E-state index contributed by atoms with van der Waals surface area (Å²) in [6.45, 7) is 4.79. The molecule has 0 spiro atoms. The molecule has 16 heavy (non-hydrogen) atoms. The molecule has 86 valence electrons. The third-order valence-electron chi connectivity index (χ3n) is 2.83. The van der Waals surface area contributed by atoms with Crippen molar-refractivity contribution < 1.29 is 9.53 Å². The van der Waals surface area contributed by atoms with Gasteiger partial charge < -0.3 is 4.74 Å². The minimum atomic E-state index is -0.0460. The first-order valence-corrected chi connectivity index (χ1v) is 6.56. The van der Waals surface area contributed by atoms with Gasteiger partial charge in [0.1, 0.15) is 5.25 Å². The molecule has 0 bridgehead atoms. The minimum Gasteiger partial charge on any atom is -0.465 e. The van der Waals surface area contributed by atoms with Crippen LogP contribution >= 0.6 is 11.8 Å². The molecule has 1 unspecified atom stereocenters. The smallest absolute Gasteiger partial charge is 0.319 e. The minimum absolute atomic E-state index is 0.0416. The summed E-state index contributed by atoms with van der Waals surface area (Å²) in [7, 11) is 0. The topological polar surface area (TPSA) is 26.3 Å². The van der Waals surface area contributed by atoms with Crippen molar-refractivity contribution in [2.24, 2.45) is 0 Å². The molecule has 2 rings (SSSR count). The Hall–Kier alpha value is -0.960. The highest BCUT2D eigenvalue weighted by atomic mass is 32.2. The molecule has 1 fully saturated rings. The maximum absolute atomic E-state index is 11.3. The van der Waals surface area contributed by atoms with E-state index in [9.17, 15) is 4.79 Å².